The van der Waals surface area contributed by atoms with Crippen LogP contribution in [0.5, 0.6) is 0 Å². The van der Waals surface area contributed by atoms with Crippen molar-refractivity contribution in [1.82, 2.24) is 0 Å². The zero-order chi connectivity index (χ0) is 9.72. The molecule has 0 aliphatic heterocycles. The molecule has 66 valence electrons. The standard InChI is InChI=1S/C8H7BrClFO/c1-3-7(9)6(4-12)8(11)5(2)10/h3-4H,2H2,1H3/b7-3+,8-6+. The molecule has 0 aromatic rings. The molecule has 0 saturated carbocycles. The van der Waals surface area contributed by atoms with Gasteiger partial charge in [0.15, 0.2) is 12.1 Å². The molecule has 0 rings (SSSR count). The van der Waals surface area contributed by atoms with Crippen molar-refractivity contribution in [1.29, 1.82) is 0 Å². The normalized spacial score (nSPS) is 13.8. The first kappa shape index (κ1) is 11.6. The van der Waals surface area contributed by atoms with Gasteiger partial charge in [-0.2, -0.15) is 0 Å². The van der Waals surface area contributed by atoms with Crippen LogP contribution in [0, 0.1) is 0 Å². The van der Waals surface area contributed by atoms with E-state index in [0.29, 0.717) is 10.8 Å². The number of rotatable bonds is 3. The summed E-state index contributed by atoms with van der Waals surface area (Å²) in [5.41, 5.74) is -0.127. The summed E-state index contributed by atoms with van der Waals surface area (Å²) < 4.78 is 13.3. The van der Waals surface area contributed by atoms with Crippen LogP contribution in [0.3, 0.4) is 0 Å². The number of carbonyl (C=O) groups excluding carboxylic acids is 1. The van der Waals surface area contributed by atoms with Crippen molar-refractivity contribution in [3.63, 3.8) is 0 Å². The third-order valence-electron chi connectivity index (χ3n) is 1.10. The maximum Gasteiger partial charge on any atom is 0.154 e. The Kier molecular flexibility index (Phi) is 5.09. The van der Waals surface area contributed by atoms with Crippen molar-refractivity contribution in [2.75, 3.05) is 0 Å². The predicted octanol–water partition coefficient (Wildman–Crippen LogP) is 3.46. The lowest BCUT2D eigenvalue weighted by atomic mass is 10.2. The third-order valence-corrected chi connectivity index (χ3v) is 2.15. The zero-order valence-electron chi connectivity index (χ0n) is 6.40. The molecule has 0 aliphatic rings. The average Bonchev–Trinajstić information content (AvgIpc) is 2.05. The average molecular weight is 253 g/mol. The van der Waals surface area contributed by atoms with Gasteiger partial charge in [-0.1, -0.05) is 40.2 Å². The van der Waals surface area contributed by atoms with Gasteiger partial charge in [-0.15, -0.1) is 0 Å². The Morgan fingerprint density at radius 3 is 2.42 bits per heavy atom. The summed E-state index contributed by atoms with van der Waals surface area (Å²) in [6.07, 6.45) is 1.93. The first-order chi connectivity index (χ1) is 5.54. The number of halogens is 3. The summed E-state index contributed by atoms with van der Waals surface area (Å²) in [7, 11) is 0. The molecule has 0 heterocycles. The Morgan fingerprint density at radius 2 is 2.17 bits per heavy atom. The summed E-state index contributed by atoms with van der Waals surface area (Å²) in [6, 6.07) is 0. The third kappa shape index (κ3) is 2.91. The van der Waals surface area contributed by atoms with E-state index in [9.17, 15) is 9.18 Å². The molecule has 1 nitrogen and oxygen atoms in total. The topological polar surface area (TPSA) is 17.1 Å². The summed E-state index contributed by atoms with van der Waals surface area (Å²) >= 11 is 8.27. The highest BCUT2D eigenvalue weighted by molar-refractivity contribution is 9.12. The van der Waals surface area contributed by atoms with Crippen molar-refractivity contribution >= 4 is 33.8 Å². The van der Waals surface area contributed by atoms with Crippen molar-refractivity contribution in [2.24, 2.45) is 0 Å². The second-order valence-corrected chi connectivity index (χ2v) is 3.20. The Hall–Kier alpha value is -0.410. The summed E-state index contributed by atoms with van der Waals surface area (Å²) in [5.74, 6) is -0.809. The Labute approximate surface area is 83.7 Å². The molecule has 0 spiro atoms. The van der Waals surface area contributed by atoms with Crippen molar-refractivity contribution in [2.45, 2.75) is 6.92 Å². The molecule has 0 radical (unpaired) electrons. The highest BCUT2D eigenvalue weighted by Crippen LogP contribution is 2.25. The van der Waals surface area contributed by atoms with Crippen LogP contribution in [0.2, 0.25) is 0 Å². The lowest BCUT2D eigenvalue weighted by Crippen LogP contribution is -1.89. The summed E-state index contributed by atoms with van der Waals surface area (Å²) in [6.45, 7) is 4.83. The van der Waals surface area contributed by atoms with Crippen LogP contribution < -0.4 is 0 Å². The van der Waals surface area contributed by atoms with Crippen molar-refractivity contribution in [3.05, 3.63) is 33.6 Å². The van der Waals surface area contributed by atoms with Gasteiger partial charge >= 0.3 is 0 Å². The number of allylic oxidation sites excluding steroid dienone is 5. The molecule has 0 amide bonds. The van der Waals surface area contributed by atoms with E-state index in [1.807, 2.05) is 0 Å². The van der Waals surface area contributed by atoms with Crippen LogP contribution >= 0.6 is 27.5 Å². The van der Waals surface area contributed by atoms with Crippen LogP contribution in [-0.4, -0.2) is 6.29 Å². The maximum atomic E-state index is 13.0. The minimum atomic E-state index is -0.809. The fourth-order valence-electron chi connectivity index (χ4n) is 0.514. The molecule has 0 N–H and O–H groups in total. The lowest BCUT2D eigenvalue weighted by molar-refractivity contribution is -0.104. The summed E-state index contributed by atoms with van der Waals surface area (Å²) in [4.78, 5) is 10.4. The van der Waals surface area contributed by atoms with Crippen LogP contribution in [-0.2, 0) is 4.79 Å². The smallest absolute Gasteiger partial charge is 0.154 e. The molecule has 0 saturated heterocycles. The second kappa shape index (κ2) is 5.27. The maximum absolute atomic E-state index is 13.0. The number of hydrogen-bond acceptors (Lipinski definition) is 1. The zero-order valence-corrected chi connectivity index (χ0v) is 8.75. The largest absolute Gasteiger partial charge is 0.298 e. The first-order valence-corrected chi connectivity index (χ1v) is 4.23. The molecule has 0 aromatic heterocycles. The van der Waals surface area contributed by atoms with E-state index in [1.54, 1.807) is 13.0 Å². The lowest BCUT2D eigenvalue weighted by Gasteiger charge is -1.99. The van der Waals surface area contributed by atoms with Crippen LogP contribution in [0.1, 0.15) is 6.92 Å². The number of aldehydes is 1. The van der Waals surface area contributed by atoms with Gasteiger partial charge in [-0.3, -0.25) is 4.79 Å². The van der Waals surface area contributed by atoms with Gasteiger partial charge in [0.05, 0.1) is 10.6 Å². The van der Waals surface area contributed by atoms with Crippen LogP contribution in [0.4, 0.5) is 4.39 Å². The monoisotopic (exact) mass is 252 g/mol. The van der Waals surface area contributed by atoms with E-state index in [0.717, 1.165) is 0 Å². The molecule has 0 bridgehead atoms. The van der Waals surface area contributed by atoms with Gasteiger partial charge < -0.3 is 0 Å². The quantitative estimate of drug-likeness (QED) is 0.428. The highest BCUT2D eigenvalue weighted by atomic mass is 79.9. The van der Waals surface area contributed by atoms with Crippen LogP contribution in [0.15, 0.2) is 33.6 Å². The molecule has 0 fully saturated rings. The van der Waals surface area contributed by atoms with Gasteiger partial charge in [0.25, 0.3) is 0 Å². The fourth-order valence-corrected chi connectivity index (χ4v) is 0.884. The van der Waals surface area contributed by atoms with E-state index < -0.39 is 5.83 Å². The van der Waals surface area contributed by atoms with E-state index in [4.69, 9.17) is 11.6 Å². The van der Waals surface area contributed by atoms with Gasteiger partial charge in [-0.25, -0.2) is 4.39 Å². The second-order valence-electron chi connectivity index (χ2n) is 1.89. The number of hydrogen-bond donors (Lipinski definition) is 0. The molecule has 0 aromatic carbocycles. The van der Waals surface area contributed by atoms with E-state index in [1.165, 1.54) is 0 Å². The van der Waals surface area contributed by atoms with E-state index in [2.05, 4.69) is 22.5 Å². The molecule has 12 heavy (non-hydrogen) atoms. The number of carbonyl (C=O) groups is 1. The Bertz CT molecular complexity index is 268. The fraction of sp³-hybridized carbons (Fsp3) is 0.125. The van der Waals surface area contributed by atoms with Gasteiger partial charge in [-0.05, 0) is 6.92 Å². The molecule has 0 atom stereocenters. The van der Waals surface area contributed by atoms with Gasteiger partial charge in [0.1, 0.15) is 0 Å². The van der Waals surface area contributed by atoms with Crippen molar-refractivity contribution < 1.29 is 9.18 Å². The van der Waals surface area contributed by atoms with Crippen molar-refractivity contribution in [3.8, 4) is 0 Å². The summed E-state index contributed by atoms with van der Waals surface area (Å²) in [5, 5.41) is -0.282. The van der Waals surface area contributed by atoms with Crippen LogP contribution in [0.25, 0.3) is 0 Å². The Balaban J connectivity index is 5.13. The SMILES string of the molecule is C=C(Cl)/C(F)=C(C=O)\C(Br)=C/C. The van der Waals surface area contributed by atoms with E-state index in [-0.39, 0.29) is 10.6 Å². The molecule has 4 heteroatoms. The minimum absolute atomic E-state index is 0.127. The molecular weight excluding hydrogens is 246 g/mol. The minimum Gasteiger partial charge on any atom is -0.298 e. The van der Waals surface area contributed by atoms with Gasteiger partial charge in [0, 0.05) is 4.48 Å². The molecule has 0 unspecified atom stereocenters. The molecular formula is C8H7BrClFO. The van der Waals surface area contributed by atoms with E-state index >= 15 is 0 Å². The highest BCUT2D eigenvalue weighted by Gasteiger charge is 2.09. The Morgan fingerprint density at radius 1 is 1.67 bits per heavy atom. The van der Waals surface area contributed by atoms with Gasteiger partial charge in [0.2, 0.25) is 0 Å². The first-order valence-electron chi connectivity index (χ1n) is 3.06. The molecule has 0 aliphatic carbocycles. The predicted molar refractivity (Wildman–Crippen MR) is 51.9 cm³/mol.